The fourth-order valence-corrected chi connectivity index (χ4v) is 2.99. The number of halogens is 3. The number of rotatable bonds is 4. The Bertz CT molecular complexity index is 815. The Balaban J connectivity index is 1.94. The van der Waals surface area contributed by atoms with Gasteiger partial charge in [0.25, 0.3) is 5.91 Å². The highest BCUT2D eigenvalue weighted by Crippen LogP contribution is 2.35. The molecule has 0 saturated heterocycles. The number of nitrogens with zero attached hydrogens (tertiary/aromatic N) is 1. The van der Waals surface area contributed by atoms with Crippen LogP contribution in [0.25, 0.3) is 0 Å². The second-order valence-corrected chi connectivity index (χ2v) is 5.80. The highest BCUT2D eigenvalue weighted by atomic mass is 19.4. The van der Waals surface area contributed by atoms with E-state index in [1.165, 1.54) is 17.0 Å². The normalized spacial score (nSPS) is 15.2. The van der Waals surface area contributed by atoms with Gasteiger partial charge in [0.2, 0.25) is 0 Å². The quantitative estimate of drug-likeness (QED) is 0.853. The molecule has 3 rings (SSSR count). The molecule has 4 nitrogen and oxygen atoms in total. The Kier molecular flexibility index (Phi) is 4.24. The van der Waals surface area contributed by atoms with Crippen LogP contribution < -0.4 is 5.11 Å². The molecule has 1 atom stereocenters. The van der Waals surface area contributed by atoms with Crippen LogP contribution in [0.5, 0.6) is 0 Å². The summed E-state index contributed by atoms with van der Waals surface area (Å²) in [6.07, 6.45) is -4.98. The maximum Gasteiger partial charge on any atom is 0.416 e. The van der Waals surface area contributed by atoms with E-state index in [0.29, 0.717) is 11.1 Å². The van der Waals surface area contributed by atoms with Crippen molar-refractivity contribution in [2.75, 3.05) is 0 Å². The molecule has 1 aliphatic rings. The molecule has 130 valence electrons. The van der Waals surface area contributed by atoms with Crippen molar-refractivity contribution < 1.29 is 27.9 Å². The number of carbonyl (C=O) groups excluding carboxylic acids is 2. The Hall–Kier alpha value is -2.83. The van der Waals surface area contributed by atoms with Crippen molar-refractivity contribution in [2.24, 2.45) is 0 Å². The number of hydrogen-bond acceptors (Lipinski definition) is 3. The molecule has 1 amide bonds. The maximum absolute atomic E-state index is 12.7. The van der Waals surface area contributed by atoms with Gasteiger partial charge in [0.15, 0.2) is 0 Å². The number of fused-ring (bicyclic) bond motifs is 1. The van der Waals surface area contributed by atoms with Gasteiger partial charge in [-0.3, -0.25) is 4.79 Å². The third-order valence-corrected chi connectivity index (χ3v) is 4.21. The molecule has 0 N–H and O–H groups in total. The standard InChI is InChI=1S/C18H14F3NO3/c19-18(20,21)13-7-5-11(6-8-13)15(9-16(23)24)22-10-12-3-1-2-4-14(12)17(22)25/h1-8,15H,9-10H2,(H,23,24)/p-1/t15-/m0/s1. The molecule has 0 radical (unpaired) electrons. The molecule has 25 heavy (non-hydrogen) atoms. The summed E-state index contributed by atoms with van der Waals surface area (Å²) in [5.74, 6) is -1.73. The summed E-state index contributed by atoms with van der Waals surface area (Å²) in [5, 5.41) is 11.1. The van der Waals surface area contributed by atoms with E-state index in [-0.39, 0.29) is 12.5 Å². The average molecular weight is 348 g/mol. The fraction of sp³-hybridized carbons (Fsp3) is 0.222. The van der Waals surface area contributed by atoms with Crippen molar-refractivity contribution in [2.45, 2.75) is 25.2 Å². The lowest BCUT2D eigenvalue weighted by Crippen LogP contribution is -2.34. The number of benzene rings is 2. The molecule has 0 unspecified atom stereocenters. The molecule has 0 saturated carbocycles. The number of carbonyl (C=O) groups is 2. The molecule has 1 heterocycles. The summed E-state index contributed by atoms with van der Waals surface area (Å²) in [4.78, 5) is 25.0. The van der Waals surface area contributed by atoms with Crippen molar-refractivity contribution in [1.82, 2.24) is 4.90 Å². The molecule has 0 aliphatic carbocycles. The van der Waals surface area contributed by atoms with Gasteiger partial charge in [-0.05, 0) is 29.3 Å². The van der Waals surface area contributed by atoms with E-state index in [0.717, 1.165) is 17.7 Å². The van der Waals surface area contributed by atoms with Crippen LogP contribution in [0.4, 0.5) is 13.2 Å². The SMILES string of the molecule is O=C([O-])C[C@@H](c1ccc(C(F)(F)F)cc1)N1Cc2ccccc2C1=O. The monoisotopic (exact) mass is 348 g/mol. The maximum atomic E-state index is 12.7. The summed E-state index contributed by atoms with van der Waals surface area (Å²) in [6, 6.07) is 10.1. The van der Waals surface area contributed by atoms with Crippen LogP contribution in [0.1, 0.15) is 39.5 Å². The van der Waals surface area contributed by atoms with Crippen molar-refractivity contribution >= 4 is 11.9 Å². The van der Waals surface area contributed by atoms with E-state index >= 15 is 0 Å². The first-order chi connectivity index (χ1) is 11.8. The molecule has 2 aromatic rings. The van der Waals surface area contributed by atoms with Gasteiger partial charge in [0.1, 0.15) is 0 Å². The summed E-state index contributed by atoms with van der Waals surface area (Å²) in [7, 11) is 0. The van der Waals surface area contributed by atoms with E-state index in [9.17, 15) is 27.9 Å². The zero-order chi connectivity index (χ0) is 18.2. The third kappa shape index (κ3) is 3.35. The number of carboxylic acid groups (broad SMARTS) is 1. The molecule has 0 spiro atoms. The Morgan fingerprint density at radius 3 is 2.32 bits per heavy atom. The molecule has 1 aliphatic heterocycles. The lowest BCUT2D eigenvalue weighted by atomic mass is 10.0. The van der Waals surface area contributed by atoms with E-state index in [1.807, 2.05) is 0 Å². The summed E-state index contributed by atoms with van der Waals surface area (Å²) in [5.41, 5.74) is 0.707. The fourth-order valence-electron chi connectivity index (χ4n) is 2.99. The Labute approximate surface area is 141 Å². The third-order valence-electron chi connectivity index (χ3n) is 4.21. The largest absolute Gasteiger partial charge is 0.550 e. The van der Waals surface area contributed by atoms with Gasteiger partial charge in [-0.2, -0.15) is 13.2 Å². The van der Waals surface area contributed by atoms with Gasteiger partial charge in [-0.1, -0.05) is 30.3 Å². The van der Waals surface area contributed by atoms with Crippen LogP contribution in [0, 0.1) is 0 Å². The first kappa shape index (κ1) is 17.0. The van der Waals surface area contributed by atoms with Gasteiger partial charge in [0, 0.05) is 24.5 Å². The number of hydrogen-bond donors (Lipinski definition) is 0. The number of alkyl halides is 3. The topological polar surface area (TPSA) is 60.4 Å². The van der Waals surface area contributed by atoms with Gasteiger partial charge < -0.3 is 14.8 Å². The van der Waals surface area contributed by atoms with Crippen LogP contribution in [-0.4, -0.2) is 16.8 Å². The van der Waals surface area contributed by atoms with E-state index in [2.05, 4.69) is 0 Å². The van der Waals surface area contributed by atoms with Crippen LogP contribution in [0.3, 0.4) is 0 Å². The van der Waals surface area contributed by atoms with E-state index in [1.54, 1.807) is 24.3 Å². The van der Waals surface area contributed by atoms with Crippen molar-refractivity contribution in [3.05, 3.63) is 70.8 Å². The summed E-state index contributed by atoms with van der Waals surface area (Å²) >= 11 is 0. The zero-order valence-electron chi connectivity index (χ0n) is 12.9. The van der Waals surface area contributed by atoms with E-state index < -0.39 is 30.2 Å². The molecule has 0 bridgehead atoms. The zero-order valence-corrected chi connectivity index (χ0v) is 12.9. The molecule has 7 heteroatoms. The van der Waals surface area contributed by atoms with Crippen LogP contribution in [-0.2, 0) is 17.5 Å². The molecule has 2 aromatic carbocycles. The predicted octanol–water partition coefficient (Wildman–Crippen LogP) is 2.54. The first-order valence-electron chi connectivity index (χ1n) is 7.53. The van der Waals surface area contributed by atoms with Crippen molar-refractivity contribution in [3.8, 4) is 0 Å². The number of aliphatic carboxylic acids is 1. The molecule has 0 fully saturated rings. The Morgan fingerprint density at radius 1 is 1.12 bits per heavy atom. The minimum atomic E-state index is -4.48. The predicted molar refractivity (Wildman–Crippen MR) is 80.1 cm³/mol. The first-order valence-corrected chi connectivity index (χ1v) is 7.53. The highest BCUT2D eigenvalue weighted by Gasteiger charge is 2.34. The smallest absolute Gasteiger partial charge is 0.416 e. The summed E-state index contributed by atoms with van der Waals surface area (Å²) in [6.45, 7) is 0.202. The molecular weight excluding hydrogens is 335 g/mol. The van der Waals surface area contributed by atoms with Crippen molar-refractivity contribution in [1.29, 1.82) is 0 Å². The van der Waals surface area contributed by atoms with Crippen LogP contribution >= 0.6 is 0 Å². The lowest BCUT2D eigenvalue weighted by molar-refractivity contribution is -0.306. The highest BCUT2D eigenvalue weighted by molar-refractivity contribution is 5.98. The van der Waals surface area contributed by atoms with Gasteiger partial charge >= 0.3 is 6.18 Å². The Morgan fingerprint density at radius 2 is 1.76 bits per heavy atom. The average Bonchev–Trinajstić information content (AvgIpc) is 2.89. The van der Waals surface area contributed by atoms with Gasteiger partial charge in [-0.15, -0.1) is 0 Å². The van der Waals surface area contributed by atoms with Crippen LogP contribution in [0.15, 0.2) is 48.5 Å². The van der Waals surface area contributed by atoms with Gasteiger partial charge in [-0.25, -0.2) is 0 Å². The second kappa shape index (κ2) is 6.23. The van der Waals surface area contributed by atoms with Gasteiger partial charge in [0.05, 0.1) is 11.6 Å². The minimum Gasteiger partial charge on any atom is -0.550 e. The molecular formula is C18H13F3NO3-. The van der Waals surface area contributed by atoms with E-state index in [4.69, 9.17) is 0 Å². The number of carboxylic acids is 1. The van der Waals surface area contributed by atoms with Crippen LogP contribution in [0.2, 0.25) is 0 Å². The molecule has 0 aromatic heterocycles. The second-order valence-electron chi connectivity index (χ2n) is 5.80. The minimum absolute atomic E-state index is 0.202. The van der Waals surface area contributed by atoms with Crippen molar-refractivity contribution in [3.63, 3.8) is 0 Å². The summed E-state index contributed by atoms with van der Waals surface area (Å²) < 4.78 is 38.1. The number of amides is 1. The lowest BCUT2D eigenvalue weighted by Gasteiger charge is -2.29.